The van der Waals surface area contributed by atoms with Crippen LogP contribution in [-0.2, 0) is 6.54 Å². The van der Waals surface area contributed by atoms with Crippen LogP contribution in [-0.4, -0.2) is 32.9 Å². The summed E-state index contributed by atoms with van der Waals surface area (Å²) < 4.78 is 18.4. The predicted molar refractivity (Wildman–Crippen MR) is 69.2 cm³/mol. The molecule has 0 radical (unpaired) electrons. The fraction of sp³-hybridized carbons (Fsp3) is 0.429. The van der Waals surface area contributed by atoms with Crippen molar-refractivity contribution >= 4 is 0 Å². The number of aromatic nitrogens is 2. The molecule has 0 amide bonds. The highest BCUT2D eigenvalue weighted by atomic mass is 19.1. The number of hydrogen-bond donors (Lipinski definition) is 1. The number of rotatable bonds is 3. The molecule has 3 rings (SSSR count). The summed E-state index contributed by atoms with van der Waals surface area (Å²) in [6.45, 7) is 2.77. The van der Waals surface area contributed by atoms with E-state index in [1.54, 1.807) is 19.1 Å². The molecule has 106 valence electrons. The monoisotopic (exact) mass is 277 g/mol. The van der Waals surface area contributed by atoms with Crippen LogP contribution in [0.4, 0.5) is 4.39 Å². The van der Waals surface area contributed by atoms with Crippen molar-refractivity contribution in [2.45, 2.75) is 32.0 Å². The van der Waals surface area contributed by atoms with Gasteiger partial charge >= 0.3 is 0 Å². The number of aryl methyl sites for hydroxylation is 1. The van der Waals surface area contributed by atoms with E-state index >= 15 is 0 Å². The van der Waals surface area contributed by atoms with Crippen LogP contribution in [0.25, 0.3) is 0 Å². The van der Waals surface area contributed by atoms with Gasteiger partial charge in [-0.15, -0.1) is 10.2 Å². The molecule has 5 nitrogen and oxygen atoms in total. The van der Waals surface area contributed by atoms with E-state index in [2.05, 4.69) is 15.1 Å². The summed E-state index contributed by atoms with van der Waals surface area (Å²) in [6.07, 6.45) is 0.229. The molecule has 20 heavy (non-hydrogen) atoms. The summed E-state index contributed by atoms with van der Waals surface area (Å²) in [5.41, 5.74) is 0.985. The van der Waals surface area contributed by atoms with E-state index in [9.17, 15) is 9.50 Å². The molecule has 1 saturated heterocycles. The zero-order valence-corrected chi connectivity index (χ0v) is 11.2. The van der Waals surface area contributed by atoms with Gasteiger partial charge in [0.15, 0.2) is 0 Å². The maximum absolute atomic E-state index is 13.0. The minimum Gasteiger partial charge on any atom is -0.424 e. The molecule has 6 heteroatoms. The number of aliphatic hydroxyl groups excluding tert-OH is 1. The highest BCUT2D eigenvalue weighted by Gasteiger charge is 2.32. The first kappa shape index (κ1) is 13.2. The van der Waals surface area contributed by atoms with E-state index in [0.717, 1.165) is 5.56 Å². The maximum Gasteiger partial charge on any atom is 0.230 e. The minimum absolute atomic E-state index is 0.0396. The smallest absolute Gasteiger partial charge is 0.230 e. The standard InChI is InChI=1S/C14H16FN3O2/c1-9-16-17-14(20-9)8-18-7-12(19)6-13(18)10-2-4-11(15)5-3-10/h2-5,12-13,19H,6-8H2,1H3/t12-,13-/m1/s1. The molecule has 1 aromatic heterocycles. The van der Waals surface area contributed by atoms with Crippen molar-refractivity contribution in [1.29, 1.82) is 0 Å². The molecule has 2 heterocycles. The first-order valence-corrected chi connectivity index (χ1v) is 6.58. The number of benzene rings is 1. The molecule has 0 bridgehead atoms. The lowest BCUT2D eigenvalue weighted by molar-refractivity contribution is 0.167. The number of β-amino-alcohol motifs (C(OH)–C–C–N with tert-alkyl or cyclic N) is 1. The normalized spacial score (nSPS) is 23.4. The molecule has 0 saturated carbocycles. The summed E-state index contributed by atoms with van der Waals surface area (Å²) >= 11 is 0. The highest BCUT2D eigenvalue weighted by molar-refractivity contribution is 5.21. The Hall–Kier alpha value is -1.79. The van der Waals surface area contributed by atoms with Gasteiger partial charge in [0.05, 0.1) is 12.6 Å². The van der Waals surface area contributed by atoms with Gasteiger partial charge in [0.1, 0.15) is 5.82 Å². The molecule has 0 unspecified atom stereocenters. The Morgan fingerprint density at radius 2 is 2.10 bits per heavy atom. The molecule has 1 aromatic carbocycles. The third-order valence-electron chi connectivity index (χ3n) is 3.54. The quantitative estimate of drug-likeness (QED) is 0.927. The van der Waals surface area contributed by atoms with Crippen molar-refractivity contribution < 1.29 is 13.9 Å². The molecule has 1 N–H and O–H groups in total. The van der Waals surface area contributed by atoms with Gasteiger partial charge in [0.2, 0.25) is 11.8 Å². The van der Waals surface area contributed by atoms with Gasteiger partial charge in [-0.25, -0.2) is 4.39 Å². The zero-order chi connectivity index (χ0) is 14.1. The van der Waals surface area contributed by atoms with Crippen LogP contribution in [0, 0.1) is 12.7 Å². The molecule has 1 aliphatic heterocycles. The lowest BCUT2D eigenvalue weighted by Crippen LogP contribution is -2.24. The van der Waals surface area contributed by atoms with Crippen molar-refractivity contribution in [3.05, 3.63) is 47.4 Å². The fourth-order valence-electron chi connectivity index (χ4n) is 2.66. The number of nitrogens with zero attached hydrogens (tertiary/aromatic N) is 3. The van der Waals surface area contributed by atoms with E-state index in [-0.39, 0.29) is 11.9 Å². The molecular formula is C14H16FN3O2. The summed E-state index contributed by atoms with van der Waals surface area (Å²) in [6, 6.07) is 6.43. The first-order valence-electron chi connectivity index (χ1n) is 6.58. The van der Waals surface area contributed by atoms with Gasteiger partial charge in [0.25, 0.3) is 0 Å². The second kappa shape index (κ2) is 5.30. The first-order chi connectivity index (χ1) is 9.61. The average Bonchev–Trinajstić information content (AvgIpc) is 2.97. The number of likely N-dealkylation sites (tertiary alicyclic amines) is 1. The molecule has 0 aliphatic carbocycles. The van der Waals surface area contributed by atoms with Crippen molar-refractivity contribution in [2.24, 2.45) is 0 Å². The zero-order valence-electron chi connectivity index (χ0n) is 11.2. The average molecular weight is 277 g/mol. The summed E-state index contributed by atoms with van der Waals surface area (Å²) in [4.78, 5) is 2.07. The Morgan fingerprint density at radius 3 is 2.75 bits per heavy atom. The van der Waals surface area contributed by atoms with Crippen molar-refractivity contribution in [1.82, 2.24) is 15.1 Å². The topological polar surface area (TPSA) is 62.4 Å². The van der Waals surface area contributed by atoms with Crippen LogP contribution >= 0.6 is 0 Å². The van der Waals surface area contributed by atoms with Gasteiger partial charge < -0.3 is 9.52 Å². The second-order valence-electron chi connectivity index (χ2n) is 5.10. The molecular weight excluding hydrogens is 261 g/mol. The Balaban J connectivity index is 1.79. The Kier molecular flexibility index (Phi) is 3.50. The number of hydrogen-bond acceptors (Lipinski definition) is 5. The maximum atomic E-state index is 13.0. The third kappa shape index (κ3) is 2.71. The van der Waals surface area contributed by atoms with E-state index in [1.807, 2.05) is 0 Å². The van der Waals surface area contributed by atoms with Crippen molar-refractivity contribution in [2.75, 3.05) is 6.54 Å². The van der Waals surface area contributed by atoms with Crippen molar-refractivity contribution in [3.63, 3.8) is 0 Å². The second-order valence-corrected chi connectivity index (χ2v) is 5.10. The van der Waals surface area contributed by atoms with Crippen molar-refractivity contribution in [3.8, 4) is 0 Å². The Morgan fingerprint density at radius 1 is 1.35 bits per heavy atom. The van der Waals surface area contributed by atoms with Gasteiger partial charge in [-0.1, -0.05) is 12.1 Å². The molecule has 2 atom stereocenters. The fourth-order valence-corrected chi connectivity index (χ4v) is 2.66. The minimum atomic E-state index is -0.394. The van der Waals surface area contributed by atoms with Crippen LogP contribution in [0.15, 0.2) is 28.7 Å². The van der Waals surface area contributed by atoms with Gasteiger partial charge in [-0.3, -0.25) is 4.90 Å². The molecule has 0 spiro atoms. The van der Waals surface area contributed by atoms with E-state index in [0.29, 0.717) is 31.3 Å². The third-order valence-corrected chi connectivity index (χ3v) is 3.54. The summed E-state index contributed by atoms with van der Waals surface area (Å²) in [5, 5.41) is 17.7. The number of halogens is 1. The molecule has 1 aliphatic rings. The summed E-state index contributed by atoms with van der Waals surface area (Å²) in [7, 11) is 0. The van der Waals surface area contributed by atoms with E-state index in [4.69, 9.17) is 4.42 Å². The van der Waals surface area contributed by atoms with Crippen LogP contribution in [0.1, 0.15) is 29.8 Å². The van der Waals surface area contributed by atoms with Crippen LogP contribution in [0.3, 0.4) is 0 Å². The SMILES string of the molecule is Cc1nnc(CN2C[C@H](O)C[C@@H]2c2ccc(F)cc2)o1. The summed E-state index contributed by atoms with van der Waals surface area (Å²) in [5.74, 6) is 0.799. The Bertz CT molecular complexity index is 584. The van der Waals surface area contributed by atoms with Gasteiger partial charge in [0, 0.05) is 19.5 Å². The van der Waals surface area contributed by atoms with Crippen LogP contribution in [0.5, 0.6) is 0 Å². The van der Waals surface area contributed by atoms with Crippen LogP contribution < -0.4 is 0 Å². The lowest BCUT2D eigenvalue weighted by Gasteiger charge is -2.22. The van der Waals surface area contributed by atoms with Crippen LogP contribution in [0.2, 0.25) is 0 Å². The van der Waals surface area contributed by atoms with E-state index in [1.165, 1.54) is 12.1 Å². The lowest BCUT2D eigenvalue weighted by atomic mass is 10.0. The number of aliphatic hydroxyl groups is 1. The van der Waals surface area contributed by atoms with E-state index < -0.39 is 6.10 Å². The van der Waals surface area contributed by atoms with Gasteiger partial charge in [-0.05, 0) is 24.1 Å². The largest absolute Gasteiger partial charge is 0.424 e. The molecule has 1 fully saturated rings. The predicted octanol–water partition coefficient (Wildman–Crippen LogP) is 1.83. The Labute approximate surface area is 116 Å². The molecule has 2 aromatic rings. The van der Waals surface area contributed by atoms with Gasteiger partial charge in [-0.2, -0.15) is 0 Å². The highest BCUT2D eigenvalue weighted by Crippen LogP contribution is 2.33.